The molecule has 0 saturated carbocycles. The molecule has 2 nitrogen and oxygen atoms in total. The smallest absolute Gasteiger partial charge is 0.131 e. The fraction of sp³-hybridized carbons (Fsp3) is 0.467. The van der Waals surface area contributed by atoms with Gasteiger partial charge in [0.25, 0.3) is 0 Å². The van der Waals surface area contributed by atoms with Crippen LogP contribution in [-0.4, -0.2) is 13.2 Å². The van der Waals surface area contributed by atoms with Crippen LogP contribution in [0.5, 0.6) is 5.75 Å². The average Bonchev–Trinajstić information content (AvgIpc) is 2.37. The molecule has 0 spiro atoms. The molecule has 0 saturated heterocycles. The lowest BCUT2D eigenvalue weighted by Gasteiger charge is -2.23. The second-order valence-electron chi connectivity index (χ2n) is 4.26. The summed E-state index contributed by atoms with van der Waals surface area (Å²) in [4.78, 5) is 0. The zero-order valence-electron chi connectivity index (χ0n) is 11.2. The molecule has 1 rings (SSSR count). The van der Waals surface area contributed by atoms with Gasteiger partial charge in [0.1, 0.15) is 11.6 Å². The Hall–Kier alpha value is -1.53. The maximum Gasteiger partial charge on any atom is 0.131 e. The van der Waals surface area contributed by atoms with Gasteiger partial charge in [-0.2, -0.15) is 0 Å². The topological polar surface area (TPSA) is 21.3 Å². The number of halogens is 1. The van der Waals surface area contributed by atoms with Gasteiger partial charge in [-0.05, 0) is 25.5 Å². The standard InChI is InChI=1S/C15H20FNO/c1-5-8-12(6-2)17-11(3)15-13(16)9-7-10-14(15)18-4/h1,7,9-12,17H,6,8H2,2-4H3. The summed E-state index contributed by atoms with van der Waals surface area (Å²) in [6, 6.07) is 4.90. The zero-order chi connectivity index (χ0) is 13.5. The van der Waals surface area contributed by atoms with Crippen LogP contribution in [0.3, 0.4) is 0 Å². The van der Waals surface area contributed by atoms with E-state index < -0.39 is 0 Å². The lowest BCUT2D eigenvalue weighted by atomic mass is 10.0. The summed E-state index contributed by atoms with van der Waals surface area (Å²) in [5, 5.41) is 3.34. The van der Waals surface area contributed by atoms with Crippen LogP contribution in [0.2, 0.25) is 0 Å². The Bertz CT molecular complexity index is 425. The number of rotatable bonds is 6. The SMILES string of the molecule is C#CCC(CC)NC(C)c1c(F)cccc1OC. The van der Waals surface area contributed by atoms with Crippen LogP contribution in [0.25, 0.3) is 0 Å². The van der Waals surface area contributed by atoms with Crippen molar-refractivity contribution in [2.75, 3.05) is 7.11 Å². The zero-order valence-corrected chi connectivity index (χ0v) is 11.2. The van der Waals surface area contributed by atoms with Crippen LogP contribution in [0.1, 0.15) is 38.3 Å². The summed E-state index contributed by atoms with van der Waals surface area (Å²) >= 11 is 0. The number of nitrogens with one attached hydrogen (secondary N) is 1. The fourth-order valence-corrected chi connectivity index (χ4v) is 2.02. The van der Waals surface area contributed by atoms with Crippen molar-refractivity contribution in [1.82, 2.24) is 5.32 Å². The minimum atomic E-state index is -0.259. The largest absolute Gasteiger partial charge is 0.496 e. The van der Waals surface area contributed by atoms with E-state index in [1.54, 1.807) is 19.2 Å². The Morgan fingerprint density at radius 3 is 2.78 bits per heavy atom. The van der Waals surface area contributed by atoms with E-state index in [1.807, 2.05) is 6.92 Å². The van der Waals surface area contributed by atoms with Crippen LogP contribution in [0.15, 0.2) is 18.2 Å². The highest BCUT2D eigenvalue weighted by Gasteiger charge is 2.18. The van der Waals surface area contributed by atoms with Gasteiger partial charge in [0.15, 0.2) is 0 Å². The molecule has 3 heteroatoms. The van der Waals surface area contributed by atoms with Crippen LogP contribution < -0.4 is 10.1 Å². The Balaban J connectivity index is 2.90. The van der Waals surface area contributed by atoms with Crippen LogP contribution in [0.4, 0.5) is 4.39 Å². The van der Waals surface area contributed by atoms with Gasteiger partial charge >= 0.3 is 0 Å². The average molecular weight is 249 g/mol. The normalized spacial score (nSPS) is 13.7. The highest BCUT2D eigenvalue weighted by atomic mass is 19.1. The van der Waals surface area contributed by atoms with Gasteiger partial charge in [-0.1, -0.05) is 13.0 Å². The first kappa shape index (κ1) is 14.5. The van der Waals surface area contributed by atoms with E-state index in [-0.39, 0.29) is 17.9 Å². The molecule has 98 valence electrons. The van der Waals surface area contributed by atoms with E-state index in [1.165, 1.54) is 6.07 Å². The molecule has 1 aromatic rings. The Morgan fingerprint density at radius 1 is 1.50 bits per heavy atom. The first-order chi connectivity index (χ1) is 8.63. The summed E-state index contributed by atoms with van der Waals surface area (Å²) < 4.78 is 19.1. The molecule has 0 heterocycles. The second-order valence-corrected chi connectivity index (χ2v) is 4.26. The van der Waals surface area contributed by atoms with Gasteiger partial charge in [-0.15, -0.1) is 12.3 Å². The lowest BCUT2D eigenvalue weighted by Crippen LogP contribution is -2.31. The number of hydrogen-bond donors (Lipinski definition) is 1. The van der Waals surface area contributed by atoms with Crippen molar-refractivity contribution in [3.05, 3.63) is 29.6 Å². The van der Waals surface area contributed by atoms with E-state index in [0.29, 0.717) is 17.7 Å². The molecule has 0 aliphatic carbocycles. The first-order valence-corrected chi connectivity index (χ1v) is 6.15. The maximum absolute atomic E-state index is 13.9. The van der Waals surface area contributed by atoms with Crippen LogP contribution in [0, 0.1) is 18.2 Å². The van der Waals surface area contributed by atoms with Crippen molar-refractivity contribution in [3.8, 4) is 18.1 Å². The predicted molar refractivity (Wildman–Crippen MR) is 72.0 cm³/mol. The third kappa shape index (κ3) is 3.48. The third-order valence-electron chi connectivity index (χ3n) is 3.01. The molecule has 0 amide bonds. The molecule has 2 unspecified atom stereocenters. The number of terminal acetylenes is 1. The van der Waals surface area contributed by atoms with E-state index in [0.717, 1.165) is 6.42 Å². The van der Waals surface area contributed by atoms with Crippen molar-refractivity contribution in [1.29, 1.82) is 0 Å². The molecule has 0 bridgehead atoms. The number of hydrogen-bond acceptors (Lipinski definition) is 2. The fourth-order valence-electron chi connectivity index (χ4n) is 2.02. The number of methoxy groups -OCH3 is 1. The van der Waals surface area contributed by atoms with E-state index >= 15 is 0 Å². The predicted octanol–water partition coefficient (Wildman–Crippen LogP) is 3.29. The van der Waals surface area contributed by atoms with Crippen molar-refractivity contribution in [3.63, 3.8) is 0 Å². The maximum atomic E-state index is 13.9. The molecule has 1 aromatic carbocycles. The molecule has 0 radical (unpaired) electrons. The molecule has 0 aliphatic rings. The van der Waals surface area contributed by atoms with E-state index in [2.05, 4.69) is 18.2 Å². The molecular weight excluding hydrogens is 229 g/mol. The lowest BCUT2D eigenvalue weighted by molar-refractivity contribution is 0.381. The summed E-state index contributed by atoms with van der Waals surface area (Å²) in [6.07, 6.45) is 6.86. The van der Waals surface area contributed by atoms with E-state index in [4.69, 9.17) is 11.2 Å². The van der Waals surface area contributed by atoms with Crippen LogP contribution in [-0.2, 0) is 0 Å². The second kappa shape index (κ2) is 7.03. The molecule has 0 aromatic heterocycles. The molecule has 1 N–H and O–H groups in total. The van der Waals surface area contributed by atoms with Gasteiger partial charge in [0.05, 0.1) is 7.11 Å². The molecule has 2 atom stereocenters. The van der Waals surface area contributed by atoms with Crippen LogP contribution >= 0.6 is 0 Å². The summed E-state index contributed by atoms with van der Waals surface area (Å²) in [5.74, 6) is 2.93. The quantitative estimate of drug-likeness (QED) is 0.781. The molecule has 18 heavy (non-hydrogen) atoms. The van der Waals surface area contributed by atoms with Gasteiger partial charge in [0, 0.05) is 24.1 Å². The van der Waals surface area contributed by atoms with Crippen molar-refractivity contribution >= 4 is 0 Å². The monoisotopic (exact) mass is 249 g/mol. The van der Waals surface area contributed by atoms with E-state index in [9.17, 15) is 4.39 Å². The highest BCUT2D eigenvalue weighted by Crippen LogP contribution is 2.28. The summed E-state index contributed by atoms with van der Waals surface area (Å²) in [6.45, 7) is 3.97. The highest BCUT2D eigenvalue weighted by molar-refractivity contribution is 5.37. The summed E-state index contributed by atoms with van der Waals surface area (Å²) in [7, 11) is 1.55. The Morgan fingerprint density at radius 2 is 2.22 bits per heavy atom. The minimum absolute atomic E-state index is 0.139. The third-order valence-corrected chi connectivity index (χ3v) is 3.01. The first-order valence-electron chi connectivity index (χ1n) is 6.15. The summed E-state index contributed by atoms with van der Waals surface area (Å²) in [5.41, 5.74) is 0.551. The molecule has 0 fully saturated rings. The number of benzene rings is 1. The minimum Gasteiger partial charge on any atom is -0.496 e. The Labute approximate surface area is 109 Å². The van der Waals surface area contributed by atoms with Gasteiger partial charge in [-0.25, -0.2) is 4.39 Å². The molecular formula is C15H20FNO. The van der Waals surface area contributed by atoms with Gasteiger partial charge in [-0.3, -0.25) is 0 Å². The van der Waals surface area contributed by atoms with Crippen molar-refractivity contribution in [2.45, 2.75) is 38.8 Å². The van der Waals surface area contributed by atoms with Crippen molar-refractivity contribution in [2.24, 2.45) is 0 Å². The molecule has 0 aliphatic heterocycles. The Kier molecular flexibility index (Phi) is 5.67. The van der Waals surface area contributed by atoms with Crippen molar-refractivity contribution < 1.29 is 9.13 Å². The number of ether oxygens (including phenoxy) is 1. The van der Waals surface area contributed by atoms with Gasteiger partial charge in [0.2, 0.25) is 0 Å². The van der Waals surface area contributed by atoms with Gasteiger partial charge < -0.3 is 10.1 Å².